The maximum atomic E-state index is 11.9. The van der Waals surface area contributed by atoms with Crippen LogP contribution in [0.4, 0.5) is 0 Å². The SMILES string of the molecule is O=S(=O)(Oc1ccc(OCC2CC2)cc1)c1cccs1. The number of benzene rings is 1. The van der Waals surface area contributed by atoms with Gasteiger partial charge in [-0.3, -0.25) is 0 Å². The summed E-state index contributed by atoms with van der Waals surface area (Å²) < 4.78 is 34.7. The van der Waals surface area contributed by atoms with Gasteiger partial charge in [0.25, 0.3) is 0 Å². The summed E-state index contributed by atoms with van der Waals surface area (Å²) in [6.45, 7) is 0.730. The van der Waals surface area contributed by atoms with Gasteiger partial charge in [-0.2, -0.15) is 8.42 Å². The summed E-state index contributed by atoms with van der Waals surface area (Å²) in [5, 5.41) is 1.70. The summed E-state index contributed by atoms with van der Waals surface area (Å²) in [5.41, 5.74) is 0. The zero-order chi connectivity index (χ0) is 14.0. The largest absolute Gasteiger partial charge is 0.493 e. The average molecular weight is 310 g/mol. The Bertz CT molecular complexity index is 656. The molecule has 0 amide bonds. The van der Waals surface area contributed by atoms with Crippen molar-refractivity contribution in [2.24, 2.45) is 5.92 Å². The van der Waals surface area contributed by atoms with Crippen molar-refractivity contribution in [3.8, 4) is 11.5 Å². The standard InChI is InChI=1S/C14H14O4S2/c15-20(16,14-2-1-9-19-14)18-13-7-5-12(6-8-13)17-10-11-3-4-11/h1-2,5-9,11H,3-4,10H2. The molecule has 1 saturated carbocycles. The molecule has 0 spiro atoms. The second kappa shape index (κ2) is 5.46. The fourth-order valence-corrected chi connectivity index (χ4v) is 3.54. The summed E-state index contributed by atoms with van der Waals surface area (Å²) in [6, 6.07) is 9.85. The van der Waals surface area contributed by atoms with Crippen LogP contribution < -0.4 is 8.92 Å². The van der Waals surface area contributed by atoms with Gasteiger partial charge in [0.2, 0.25) is 0 Å². The summed E-state index contributed by atoms with van der Waals surface area (Å²) in [5.74, 6) is 1.71. The molecule has 0 unspecified atom stereocenters. The smallest absolute Gasteiger partial charge is 0.348 e. The van der Waals surface area contributed by atoms with Crippen LogP contribution in [0.5, 0.6) is 11.5 Å². The van der Waals surface area contributed by atoms with Crippen molar-refractivity contribution in [1.82, 2.24) is 0 Å². The molecule has 1 aliphatic rings. The van der Waals surface area contributed by atoms with Crippen molar-refractivity contribution in [1.29, 1.82) is 0 Å². The molecule has 3 rings (SSSR count). The summed E-state index contributed by atoms with van der Waals surface area (Å²) >= 11 is 1.13. The van der Waals surface area contributed by atoms with Crippen molar-refractivity contribution in [3.63, 3.8) is 0 Å². The highest BCUT2D eigenvalue weighted by molar-refractivity contribution is 7.89. The molecule has 1 aliphatic carbocycles. The molecule has 1 aromatic carbocycles. The van der Waals surface area contributed by atoms with Crippen molar-refractivity contribution in [2.75, 3.05) is 6.61 Å². The van der Waals surface area contributed by atoms with Crippen molar-refractivity contribution >= 4 is 21.5 Å². The first kappa shape index (κ1) is 13.5. The van der Waals surface area contributed by atoms with E-state index in [1.165, 1.54) is 18.9 Å². The molecule has 1 aromatic heterocycles. The molecule has 6 heteroatoms. The van der Waals surface area contributed by atoms with Gasteiger partial charge in [-0.1, -0.05) is 6.07 Å². The monoisotopic (exact) mass is 310 g/mol. The number of thiophene rings is 1. The molecular weight excluding hydrogens is 296 g/mol. The van der Waals surface area contributed by atoms with Gasteiger partial charge in [0, 0.05) is 0 Å². The lowest BCUT2D eigenvalue weighted by atomic mass is 10.3. The lowest BCUT2D eigenvalue weighted by Gasteiger charge is -2.07. The van der Waals surface area contributed by atoms with Gasteiger partial charge in [-0.15, -0.1) is 11.3 Å². The maximum Gasteiger partial charge on any atom is 0.348 e. The Morgan fingerprint density at radius 1 is 1.10 bits per heavy atom. The predicted octanol–water partition coefficient (Wildman–Crippen LogP) is 3.30. The van der Waals surface area contributed by atoms with Gasteiger partial charge in [-0.25, -0.2) is 0 Å². The Hall–Kier alpha value is -1.53. The molecule has 4 nitrogen and oxygen atoms in total. The van der Waals surface area contributed by atoms with E-state index in [0.717, 1.165) is 23.7 Å². The minimum Gasteiger partial charge on any atom is -0.493 e. The molecule has 1 fully saturated rings. The van der Waals surface area contributed by atoms with E-state index >= 15 is 0 Å². The Balaban J connectivity index is 1.65. The van der Waals surface area contributed by atoms with E-state index in [0.29, 0.717) is 5.92 Å². The number of rotatable bonds is 6. The Morgan fingerprint density at radius 2 is 1.80 bits per heavy atom. The molecule has 0 radical (unpaired) electrons. The Kier molecular flexibility index (Phi) is 3.67. The number of hydrogen-bond acceptors (Lipinski definition) is 5. The number of hydrogen-bond donors (Lipinski definition) is 0. The van der Waals surface area contributed by atoms with Crippen LogP contribution in [-0.4, -0.2) is 15.0 Å². The lowest BCUT2D eigenvalue weighted by Crippen LogP contribution is -2.07. The van der Waals surface area contributed by atoms with Crippen molar-refractivity contribution < 1.29 is 17.3 Å². The summed E-state index contributed by atoms with van der Waals surface area (Å²) in [4.78, 5) is 0. The van der Waals surface area contributed by atoms with Gasteiger partial charge in [0.15, 0.2) is 4.21 Å². The first-order valence-corrected chi connectivity index (χ1v) is 8.63. The van der Waals surface area contributed by atoms with Crippen LogP contribution in [0.2, 0.25) is 0 Å². The first-order chi connectivity index (χ1) is 9.63. The molecule has 0 N–H and O–H groups in total. The second-order valence-corrected chi connectivity index (χ2v) is 7.42. The fraction of sp³-hybridized carbons (Fsp3) is 0.286. The highest BCUT2D eigenvalue weighted by Crippen LogP contribution is 2.30. The molecule has 0 bridgehead atoms. The third-order valence-electron chi connectivity index (χ3n) is 2.95. The third kappa shape index (κ3) is 3.32. The molecule has 0 saturated heterocycles. The van der Waals surface area contributed by atoms with Gasteiger partial charge in [-0.05, 0) is 54.5 Å². The Labute approximate surface area is 122 Å². The van der Waals surface area contributed by atoms with Crippen LogP contribution in [0, 0.1) is 5.92 Å². The van der Waals surface area contributed by atoms with E-state index in [9.17, 15) is 8.42 Å². The second-order valence-electron chi connectivity index (χ2n) is 4.70. The molecule has 106 valence electrons. The minimum absolute atomic E-state index is 0.201. The van der Waals surface area contributed by atoms with Crippen LogP contribution in [-0.2, 0) is 10.1 Å². The quantitative estimate of drug-likeness (QED) is 0.768. The van der Waals surface area contributed by atoms with Crippen LogP contribution in [0.1, 0.15) is 12.8 Å². The third-order valence-corrected chi connectivity index (χ3v) is 5.56. The maximum absolute atomic E-state index is 11.9. The van der Waals surface area contributed by atoms with E-state index in [-0.39, 0.29) is 9.96 Å². The minimum atomic E-state index is -3.72. The average Bonchev–Trinajstić information content (AvgIpc) is 3.08. The summed E-state index contributed by atoms with van der Waals surface area (Å²) in [6.07, 6.45) is 2.47. The van der Waals surface area contributed by atoms with Gasteiger partial charge >= 0.3 is 10.1 Å². The van der Waals surface area contributed by atoms with Crippen molar-refractivity contribution in [2.45, 2.75) is 17.1 Å². The summed E-state index contributed by atoms with van der Waals surface area (Å²) in [7, 11) is -3.72. The molecule has 2 aromatic rings. The van der Waals surface area contributed by atoms with Gasteiger partial charge in [0.1, 0.15) is 11.5 Å². The Morgan fingerprint density at radius 3 is 2.40 bits per heavy atom. The van der Waals surface area contributed by atoms with E-state index in [1.807, 2.05) is 0 Å². The first-order valence-electron chi connectivity index (χ1n) is 6.34. The van der Waals surface area contributed by atoms with Crippen LogP contribution in [0.25, 0.3) is 0 Å². The fourth-order valence-electron chi connectivity index (χ4n) is 1.66. The zero-order valence-corrected chi connectivity index (χ0v) is 12.3. The van der Waals surface area contributed by atoms with Gasteiger partial charge in [0.05, 0.1) is 6.61 Å². The molecule has 0 atom stereocenters. The van der Waals surface area contributed by atoms with Crippen LogP contribution in [0.3, 0.4) is 0 Å². The van der Waals surface area contributed by atoms with E-state index < -0.39 is 10.1 Å². The van der Waals surface area contributed by atoms with E-state index in [2.05, 4.69) is 0 Å². The predicted molar refractivity (Wildman–Crippen MR) is 76.8 cm³/mol. The number of ether oxygens (including phenoxy) is 1. The highest BCUT2D eigenvalue weighted by Gasteiger charge is 2.22. The zero-order valence-electron chi connectivity index (χ0n) is 10.7. The molecule has 20 heavy (non-hydrogen) atoms. The topological polar surface area (TPSA) is 52.6 Å². The molecule has 0 aliphatic heterocycles. The van der Waals surface area contributed by atoms with E-state index in [4.69, 9.17) is 8.92 Å². The molecule has 1 heterocycles. The van der Waals surface area contributed by atoms with Gasteiger partial charge < -0.3 is 8.92 Å². The highest BCUT2D eigenvalue weighted by atomic mass is 32.3. The normalized spacial score (nSPS) is 15.0. The van der Waals surface area contributed by atoms with Crippen LogP contribution in [0.15, 0.2) is 46.0 Å². The lowest BCUT2D eigenvalue weighted by molar-refractivity contribution is 0.299. The van der Waals surface area contributed by atoms with Crippen molar-refractivity contribution in [3.05, 3.63) is 41.8 Å². The molecular formula is C14H14O4S2. The van der Waals surface area contributed by atoms with Crippen LogP contribution >= 0.6 is 11.3 Å². The van der Waals surface area contributed by atoms with E-state index in [1.54, 1.807) is 35.7 Å².